The number of carboxylic acid groups (broad SMARTS) is 1. The second kappa shape index (κ2) is 6.74. The van der Waals surface area contributed by atoms with Crippen LogP contribution in [-0.4, -0.2) is 34.8 Å². The Morgan fingerprint density at radius 3 is 2.68 bits per heavy atom. The highest BCUT2D eigenvalue weighted by atomic mass is 16.5. The van der Waals surface area contributed by atoms with Gasteiger partial charge in [0, 0.05) is 18.7 Å². The lowest BCUT2D eigenvalue weighted by Crippen LogP contribution is -2.36. The highest BCUT2D eigenvalue weighted by molar-refractivity contribution is 6.47. The van der Waals surface area contributed by atoms with Gasteiger partial charge in [-0.05, 0) is 18.1 Å². The molecule has 1 aromatic rings. The highest BCUT2D eigenvalue weighted by Crippen LogP contribution is 2.36. The molecular weight excluding hydrogens is 287 g/mol. The molecule has 1 heterocycles. The molecule has 1 aromatic carbocycles. The number of carboxylic acids is 1. The lowest BCUT2D eigenvalue weighted by Gasteiger charge is -2.27. The molecule has 0 saturated carbocycles. The quantitative estimate of drug-likeness (QED) is 0.610. The summed E-state index contributed by atoms with van der Waals surface area (Å²) in [6, 6.07) is 4.71. The molecule has 116 valence electrons. The number of carbonyl (C=O) groups is 3. The number of hydrogen-bond acceptors (Lipinski definition) is 5. The van der Waals surface area contributed by atoms with Crippen molar-refractivity contribution in [3.05, 3.63) is 29.3 Å². The van der Waals surface area contributed by atoms with Crippen molar-refractivity contribution in [3.8, 4) is 5.75 Å². The van der Waals surface area contributed by atoms with Gasteiger partial charge in [0.1, 0.15) is 17.3 Å². The smallest absolute Gasteiger partial charge is 0.526 e. The lowest BCUT2D eigenvalue weighted by molar-refractivity contribution is -0.126. The highest BCUT2D eigenvalue weighted by Gasteiger charge is 2.37. The van der Waals surface area contributed by atoms with E-state index in [0.29, 0.717) is 18.4 Å². The fourth-order valence-corrected chi connectivity index (χ4v) is 2.54. The van der Waals surface area contributed by atoms with E-state index in [1.165, 1.54) is 6.07 Å². The van der Waals surface area contributed by atoms with Crippen molar-refractivity contribution >= 4 is 24.7 Å². The maximum Gasteiger partial charge on any atom is 0.526 e. The average molecular weight is 304 g/mol. The zero-order valence-electron chi connectivity index (χ0n) is 12.2. The third-order valence-electron chi connectivity index (χ3n) is 3.73. The fourth-order valence-electron chi connectivity index (χ4n) is 2.54. The van der Waals surface area contributed by atoms with Crippen LogP contribution >= 0.6 is 0 Å². The van der Waals surface area contributed by atoms with E-state index in [2.05, 4.69) is 0 Å². The Balaban J connectivity index is 2.12. The van der Waals surface area contributed by atoms with E-state index in [1.54, 1.807) is 19.1 Å². The van der Waals surface area contributed by atoms with Crippen molar-refractivity contribution in [1.29, 1.82) is 0 Å². The Morgan fingerprint density at radius 2 is 2.05 bits per heavy atom. The molecule has 1 atom stereocenters. The molecule has 2 N–H and O–H groups in total. The molecule has 0 bridgehead atoms. The van der Waals surface area contributed by atoms with Crippen LogP contribution in [-0.2, 0) is 16.0 Å². The number of para-hydroxylation sites is 1. The first-order valence-corrected chi connectivity index (χ1v) is 7.15. The molecule has 6 nitrogen and oxygen atoms in total. The third kappa shape index (κ3) is 3.54. The van der Waals surface area contributed by atoms with Crippen molar-refractivity contribution in [2.75, 3.05) is 0 Å². The van der Waals surface area contributed by atoms with E-state index in [4.69, 9.17) is 9.76 Å². The topological polar surface area (TPSA) is 101 Å². The van der Waals surface area contributed by atoms with Crippen LogP contribution in [0, 0.1) is 0 Å². The van der Waals surface area contributed by atoms with Gasteiger partial charge in [-0.15, -0.1) is 0 Å². The van der Waals surface area contributed by atoms with Crippen molar-refractivity contribution < 1.29 is 29.2 Å². The summed E-state index contributed by atoms with van der Waals surface area (Å²) in [6.07, 6.45) is 0.537. The van der Waals surface area contributed by atoms with Gasteiger partial charge in [0.2, 0.25) is 0 Å². The van der Waals surface area contributed by atoms with Crippen molar-refractivity contribution in [3.63, 3.8) is 0 Å². The van der Waals surface area contributed by atoms with Crippen LogP contribution in [0.4, 0.5) is 0 Å². The van der Waals surface area contributed by atoms with Crippen LogP contribution in [0.1, 0.15) is 42.1 Å². The molecule has 0 saturated heterocycles. The molecule has 0 aliphatic carbocycles. The molecule has 22 heavy (non-hydrogen) atoms. The Kier molecular flexibility index (Phi) is 4.97. The van der Waals surface area contributed by atoms with Crippen LogP contribution in [0.25, 0.3) is 0 Å². The van der Waals surface area contributed by atoms with Gasteiger partial charge in [-0.1, -0.05) is 19.1 Å². The standard InChI is InChI=1S/C15H17BO6/c1-2-11(17)8-12(18)7-10-6-9-4-3-5-13(15(19)20)14(9)22-16(10)21/h3-5,10,21H,2,6-8H2,1H3,(H,19,20)/t10-/m1/s1. The molecule has 0 radical (unpaired) electrons. The third-order valence-corrected chi connectivity index (χ3v) is 3.73. The number of carbonyl (C=O) groups excluding carboxylic acids is 2. The number of hydrogen-bond donors (Lipinski definition) is 2. The summed E-state index contributed by atoms with van der Waals surface area (Å²) < 4.78 is 5.31. The van der Waals surface area contributed by atoms with E-state index in [1.807, 2.05) is 0 Å². The van der Waals surface area contributed by atoms with Crippen molar-refractivity contribution in [2.24, 2.45) is 0 Å². The number of Topliss-reactive ketones (excluding diaryl/α,β-unsaturated/α-hetero) is 2. The van der Waals surface area contributed by atoms with E-state index in [-0.39, 0.29) is 35.7 Å². The molecule has 7 heteroatoms. The molecule has 0 spiro atoms. The summed E-state index contributed by atoms with van der Waals surface area (Å²) in [5.41, 5.74) is 0.632. The Labute approximate surface area is 128 Å². The van der Waals surface area contributed by atoms with Gasteiger partial charge in [0.05, 0.1) is 12.0 Å². The Morgan fingerprint density at radius 1 is 1.32 bits per heavy atom. The van der Waals surface area contributed by atoms with Gasteiger partial charge in [-0.2, -0.15) is 0 Å². The van der Waals surface area contributed by atoms with E-state index in [0.717, 1.165) is 0 Å². The van der Waals surface area contributed by atoms with Crippen molar-refractivity contribution in [1.82, 2.24) is 0 Å². The number of rotatable bonds is 6. The van der Waals surface area contributed by atoms with Crippen LogP contribution in [0.2, 0.25) is 5.82 Å². The van der Waals surface area contributed by atoms with Gasteiger partial charge in [0.15, 0.2) is 0 Å². The van der Waals surface area contributed by atoms with E-state index in [9.17, 15) is 19.4 Å². The molecule has 0 unspecified atom stereocenters. The molecule has 0 aromatic heterocycles. The predicted molar refractivity (Wildman–Crippen MR) is 79.0 cm³/mol. The zero-order valence-corrected chi connectivity index (χ0v) is 12.2. The summed E-state index contributed by atoms with van der Waals surface area (Å²) >= 11 is 0. The number of benzene rings is 1. The minimum absolute atomic E-state index is 0.0116. The average Bonchev–Trinajstić information content (AvgIpc) is 2.47. The Hall–Kier alpha value is -2.15. The SMILES string of the molecule is CCC(=O)CC(=O)C[C@H]1Cc2cccc(C(=O)O)c2OB1O. The normalized spacial score (nSPS) is 16.6. The van der Waals surface area contributed by atoms with Crippen LogP contribution < -0.4 is 4.65 Å². The Bertz CT molecular complexity index is 612. The molecule has 1 aliphatic rings. The summed E-state index contributed by atoms with van der Waals surface area (Å²) in [5, 5.41) is 19.1. The summed E-state index contributed by atoms with van der Waals surface area (Å²) in [7, 11) is -1.26. The number of fused-ring (bicyclic) bond motifs is 1. The molecule has 2 rings (SSSR count). The lowest BCUT2D eigenvalue weighted by atomic mass is 9.64. The second-order valence-corrected chi connectivity index (χ2v) is 5.38. The first kappa shape index (κ1) is 16.2. The first-order chi connectivity index (χ1) is 10.4. The largest absolute Gasteiger partial charge is 0.535 e. The maximum atomic E-state index is 11.8. The monoisotopic (exact) mass is 304 g/mol. The van der Waals surface area contributed by atoms with Gasteiger partial charge >= 0.3 is 13.1 Å². The predicted octanol–water partition coefficient (Wildman–Crippen LogP) is 1.50. The minimum atomic E-state index is -1.26. The first-order valence-electron chi connectivity index (χ1n) is 7.15. The van der Waals surface area contributed by atoms with Gasteiger partial charge in [0.25, 0.3) is 0 Å². The van der Waals surface area contributed by atoms with Gasteiger partial charge < -0.3 is 14.8 Å². The van der Waals surface area contributed by atoms with Gasteiger partial charge in [-0.3, -0.25) is 9.59 Å². The van der Waals surface area contributed by atoms with Crippen LogP contribution in [0.5, 0.6) is 5.75 Å². The van der Waals surface area contributed by atoms with Crippen LogP contribution in [0.3, 0.4) is 0 Å². The molecule has 0 fully saturated rings. The fraction of sp³-hybridized carbons (Fsp3) is 0.400. The van der Waals surface area contributed by atoms with Gasteiger partial charge in [-0.25, -0.2) is 4.79 Å². The second-order valence-electron chi connectivity index (χ2n) is 5.38. The number of aromatic carboxylic acids is 1. The summed E-state index contributed by atoms with van der Waals surface area (Å²) in [4.78, 5) is 34.3. The maximum absolute atomic E-state index is 11.8. The molecular formula is C15H17BO6. The van der Waals surface area contributed by atoms with E-state index >= 15 is 0 Å². The van der Waals surface area contributed by atoms with E-state index < -0.39 is 18.9 Å². The van der Waals surface area contributed by atoms with Crippen molar-refractivity contribution in [2.45, 2.75) is 38.4 Å². The van der Waals surface area contributed by atoms with Crippen LogP contribution in [0.15, 0.2) is 18.2 Å². The summed E-state index contributed by atoms with van der Waals surface area (Å²) in [5.74, 6) is -1.83. The summed E-state index contributed by atoms with van der Waals surface area (Å²) in [6.45, 7) is 1.69. The molecule has 1 aliphatic heterocycles. The minimum Gasteiger partial charge on any atom is -0.535 e. The molecule has 0 amide bonds. The number of ketones is 2. The zero-order chi connectivity index (χ0) is 16.3.